The average molecular weight is 308 g/mol. The van der Waals surface area contributed by atoms with Gasteiger partial charge in [0, 0.05) is 11.0 Å². The summed E-state index contributed by atoms with van der Waals surface area (Å²) in [4.78, 5) is 12.2. The first-order valence-electron chi connectivity index (χ1n) is 6.65. The molecule has 2 fully saturated rings. The highest BCUT2D eigenvalue weighted by atomic mass is 79.9. The molecule has 2 nitrogen and oxygen atoms in total. The molecule has 1 aromatic carbocycles. The number of benzene rings is 1. The molecule has 0 heterocycles. The van der Waals surface area contributed by atoms with E-state index in [0.29, 0.717) is 5.41 Å². The Hall–Kier alpha value is -0.830. The fourth-order valence-corrected chi connectivity index (χ4v) is 3.18. The highest BCUT2D eigenvalue weighted by Gasteiger charge is 2.53. The number of rotatable bonds is 4. The summed E-state index contributed by atoms with van der Waals surface area (Å²) in [7, 11) is 0. The number of carbonyl (C=O) groups excluding carboxylic acids is 1. The van der Waals surface area contributed by atoms with E-state index >= 15 is 0 Å². The van der Waals surface area contributed by atoms with Crippen LogP contribution in [0.5, 0.6) is 0 Å². The van der Waals surface area contributed by atoms with Crippen LogP contribution >= 0.6 is 15.9 Å². The summed E-state index contributed by atoms with van der Waals surface area (Å²) in [5, 5.41) is 3.12. The zero-order chi connectivity index (χ0) is 12.8. The third-order valence-corrected chi connectivity index (χ3v) is 4.99. The summed E-state index contributed by atoms with van der Waals surface area (Å²) < 4.78 is 0.877. The third kappa shape index (κ3) is 2.33. The molecular formula is C15H18BrNO. The Morgan fingerprint density at radius 2 is 2.17 bits per heavy atom. The van der Waals surface area contributed by atoms with Crippen LogP contribution in [0.2, 0.25) is 0 Å². The van der Waals surface area contributed by atoms with Crippen molar-refractivity contribution in [1.29, 1.82) is 0 Å². The Morgan fingerprint density at radius 3 is 2.78 bits per heavy atom. The van der Waals surface area contributed by atoms with Gasteiger partial charge in [-0.2, -0.15) is 0 Å². The minimum absolute atomic E-state index is 0.0532. The number of aryl methyl sites for hydroxylation is 1. The number of carbonyl (C=O) groups is 1. The Labute approximate surface area is 116 Å². The maximum Gasteiger partial charge on any atom is 0.252 e. The maximum atomic E-state index is 12.2. The van der Waals surface area contributed by atoms with Gasteiger partial charge < -0.3 is 5.32 Å². The number of nitrogens with one attached hydrogen (secondary N) is 1. The van der Waals surface area contributed by atoms with E-state index in [2.05, 4.69) is 21.2 Å². The van der Waals surface area contributed by atoms with Crippen LogP contribution in [-0.2, 0) is 0 Å². The van der Waals surface area contributed by atoms with Crippen molar-refractivity contribution >= 4 is 21.8 Å². The predicted octanol–water partition coefficient (Wildman–Crippen LogP) is 3.68. The van der Waals surface area contributed by atoms with E-state index in [9.17, 15) is 4.79 Å². The van der Waals surface area contributed by atoms with Crippen LogP contribution in [0, 0.1) is 18.3 Å². The minimum atomic E-state index is 0.0532. The van der Waals surface area contributed by atoms with Crippen molar-refractivity contribution < 1.29 is 4.79 Å². The zero-order valence-corrected chi connectivity index (χ0v) is 12.2. The van der Waals surface area contributed by atoms with Crippen LogP contribution in [0.3, 0.4) is 0 Å². The lowest BCUT2D eigenvalue weighted by atomic mass is 10.0. The van der Waals surface area contributed by atoms with Crippen LogP contribution in [0.25, 0.3) is 0 Å². The summed E-state index contributed by atoms with van der Waals surface area (Å²) in [5.74, 6) is 0.941. The molecule has 2 aliphatic rings. The summed E-state index contributed by atoms with van der Waals surface area (Å²) in [6.45, 7) is 2.87. The standard InChI is InChI=1S/C15H18BrNO/c1-10-2-5-13(16)12(8-10)14(18)17-9-15(6-7-15)11-3-4-11/h2,5,8,11H,3-4,6-7,9H2,1H3,(H,17,18). The molecule has 1 N–H and O–H groups in total. The predicted molar refractivity (Wildman–Crippen MR) is 75.6 cm³/mol. The average Bonchev–Trinajstić information content (AvgIpc) is 3.21. The van der Waals surface area contributed by atoms with Gasteiger partial charge in [-0.25, -0.2) is 0 Å². The van der Waals surface area contributed by atoms with Gasteiger partial charge in [-0.05, 0) is 72.0 Å². The van der Waals surface area contributed by atoms with E-state index in [-0.39, 0.29) is 5.91 Å². The van der Waals surface area contributed by atoms with Gasteiger partial charge in [-0.1, -0.05) is 11.6 Å². The molecule has 1 aromatic rings. The first-order valence-corrected chi connectivity index (χ1v) is 7.44. The topological polar surface area (TPSA) is 29.1 Å². The Morgan fingerprint density at radius 1 is 1.44 bits per heavy atom. The summed E-state index contributed by atoms with van der Waals surface area (Å²) >= 11 is 3.45. The summed E-state index contributed by atoms with van der Waals surface area (Å²) in [5.41, 5.74) is 2.33. The van der Waals surface area contributed by atoms with Gasteiger partial charge in [-0.15, -0.1) is 0 Å². The monoisotopic (exact) mass is 307 g/mol. The van der Waals surface area contributed by atoms with E-state index in [0.717, 1.165) is 28.1 Å². The fourth-order valence-electron chi connectivity index (χ4n) is 2.75. The van der Waals surface area contributed by atoms with E-state index < -0.39 is 0 Å². The molecule has 0 atom stereocenters. The van der Waals surface area contributed by atoms with Gasteiger partial charge in [0.15, 0.2) is 0 Å². The molecule has 0 spiro atoms. The van der Waals surface area contributed by atoms with E-state index in [1.54, 1.807) is 0 Å². The Bertz CT molecular complexity index is 489. The molecule has 0 bridgehead atoms. The van der Waals surface area contributed by atoms with E-state index in [4.69, 9.17) is 0 Å². The molecule has 0 aliphatic heterocycles. The first kappa shape index (κ1) is 12.2. The lowest BCUT2D eigenvalue weighted by molar-refractivity contribution is 0.0942. The molecule has 2 aliphatic carbocycles. The van der Waals surface area contributed by atoms with Crippen LogP contribution in [0.1, 0.15) is 41.6 Å². The fraction of sp³-hybridized carbons (Fsp3) is 0.533. The van der Waals surface area contributed by atoms with Gasteiger partial charge in [0.05, 0.1) is 5.56 Å². The second kappa shape index (κ2) is 4.37. The molecule has 1 amide bonds. The van der Waals surface area contributed by atoms with Crippen LogP contribution in [-0.4, -0.2) is 12.5 Å². The van der Waals surface area contributed by atoms with Crippen molar-refractivity contribution in [2.75, 3.05) is 6.54 Å². The highest BCUT2D eigenvalue weighted by molar-refractivity contribution is 9.10. The van der Waals surface area contributed by atoms with Crippen LogP contribution in [0.15, 0.2) is 22.7 Å². The van der Waals surface area contributed by atoms with Crippen LogP contribution < -0.4 is 5.32 Å². The molecular weight excluding hydrogens is 290 g/mol. The Kier molecular flexibility index (Phi) is 2.97. The number of hydrogen-bond acceptors (Lipinski definition) is 1. The largest absolute Gasteiger partial charge is 0.351 e. The smallest absolute Gasteiger partial charge is 0.252 e. The van der Waals surface area contributed by atoms with Gasteiger partial charge in [0.25, 0.3) is 5.91 Å². The lowest BCUT2D eigenvalue weighted by Gasteiger charge is -2.15. The van der Waals surface area contributed by atoms with Gasteiger partial charge in [0.2, 0.25) is 0 Å². The number of halogens is 1. The maximum absolute atomic E-state index is 12.2. The molecule has 2 saturated carbocycles. The molecule has 3 rings (SSSR count). The van der Waals surface area contributed by atoms with Crippen molar-refractivity contribution in [3.05, 3.63) is 33.8 Å². The molecule has 96 valence electrons. The number of hydrogen-bond donors (Lipinski definition) is 1. The Balaban J connectivity index is 1.65. The second-order valence-corrected chi connectivity index (χ2v) is 6.66. The van der Waals surface area contributed by atoms with Gasteiger partial charge >= 0.3 is 0 Å². The van der Waals surface area contributed by atoms with Crippen molar-refractivity contribution in [2.45, 2.75) is 32.6 Å². The van der Waals surface area contributed by atoms with Crippen molar-refractivity contribution in [3.63, 3.8) is 0 Å². The first-order chi connectivity index (χ1) is 8.61. The van der Waals surface area contributed by atoms with Gasteiger partial charge in [0.1, 0.15) is 0 Å². The van der Waals surface area contributed by atoms with Crippen molar-refractivity contribution in [3.8, 4) is 0 Å². The lowest BCUT2D eigenvalue weighted by Crippen LogP contribution is -2.31. The minimum Gasteiger partial charge on any atom is -0.351 e. The summed E-state index contributed by atoms with van der Waals surface area (Å²) in [6, 6.07) is 5.89. The molecule has 18 heavy (non-hydrogen) atoms. The summed E-state index contributed by atoms with van der Waals surface area (Å²) in [6.07, 6.45) is 5.33. The van der Waals surface area contributed by atoms with E-state index in [1.165, 1.54) is 25.7 Å². The highest BCUT2D eigenvalue weighted by Crippen LogP contribution is 2.60. The van der Waals surface area contributed by atoms with Crippen molar-refractivity contribution in [2.24, 2.45) is 11.3 Å². The third-order valence-electron chi connectivity index (χ3n) is 4.30. The normalized spacial score (nSPS) is 20.6. The molecule has 3 heteroatoms. The SMILES string of the molecule is Cc1ccc(Br)c(C(=O)NCC2(C3CC3)CC2)c1. The van der Waals surface area contributed by atoms with E-state index in [1.807, 2.05) is 25.1 Å². The van der Waals surface area contributed by atoms with Gasteiger partial charge in [-0.3, -0.25) is 4.79 Å². The zero-order valence-electron chi connectivity index (χ0n) is 10.6. The molecule has 0 unspecified atom stereocenters. The molecule has 0 aromatic heterocycles. The number of amides is 1. The second-order valence-electron chi connectivity index (χ2n) is 5.80. The van der Waals surface area contributed by atoms with Crippen LogP contribution in [0.4, 0.5) is 0 Å². The quantitative estimate of drug-likeness (QED) is 0.903. The molecule has 0 saturated heterocycles. The molecule has 0 radical (unpaired) electrons. The van der Waals surface area contributed by atoms with Crippen molar-refractivity contribution in [1.82, 2.24) is 5.32 Å².